The van der Waals surface area contributed by atoms with Crippen molar-refractivity contribution in [3.63, 3.8) is 0 Å². The first-order valence-electron chi connectivity index (χ1n) is 11.5. The largest absolute Gasteiger partial charge is 0.492 e. The number of pyridine rings is 1. The summed E-state index contributed by atoms with van der Waals surface area (Å²) in [5, 5.41) is 11.4. The lowest BCUT2D eigenvalue weighted by atomic mass is 10.1. The van der Waals surface area contributed by atoms with Crippen LogP contribution in [0, 0.1) is 11.3 Å². The van der Waals surface area contributed by atoms with Gasteiger partial charge in [0, 0.05) is 63.9 Å². The van der Waals surface area contributed by atoms with Gasteiger partial charge in [-0.15, -0.1) is 5.23 Å². The molecule has 0 radical (unpaired) electrons. The molecule has 11 heteroatoms. The first-order chi connectivity index (χ1) is 16.6. The Hall–Kier alpha value is -2.39. The predicted octanol–water partition coefficient (Wildman–Crippen LogP) is 2.50. The molecule has 0 saturated carbocycles. The van der Waals surface area contributed by atoms with E-state index >= 15 is 0 Å². The second-order valence-electron chi connectivity index (χ2n) is 8.61. The highest BCUT2D eigenvalue weighted by Gasteiger charge is 2.34. The summed E-state index contributed by atoms with van der Waals surface area (Å²) in [4.78, 5) is 20.0. The number of halogens is 1. The zero-order chi connectivity index (χ0) is 23.5. The van der Waals surface area contributed by atoms with Crippen LogP contribution in [0.15, 0.2) is 18.3 Å². The predicted molar refractivity (Wildman–Crippen MR) is 125 cm³/mol. The highest BCUT2D eigenvalue weighted by molar-refractivity contribution is 6.19. The summed E-state index contributed by atoms with van der Waals surface area (Å²) in [7, 11) is 2.14. The fraction of sp³-hybridized carbons (Fsp3) is 0.565. The van der Waals surface area contributed by atoms with E-state index in [4.69, 9.17) is 35.5 Å². The van der Waals surface area contributed by atoms with Crippen LogP contribution in [0.25, 0.3) is 10.9 Å². The SMILES string of the molecule is CN1CCN(CCOc2cc(OC3CCOCC3)c3c(N4OC(Cl)O4)c(C#N)cnc3c2)CC1. The first kappa shape index (κ1) is 23.4. The summed E-state index contributed by atoms with van der Waals surface area (Å²) in [6.07, 6.45) is 3.02. The maximum Gasteiger partial charge on any atom is 0.288 e. The number of benzene rings is 1. The fourth-order valence-corrected chi connectivity index (χ4v) is 4.44. The van der Waals surface area contributed by atoms with Crippen LogP contribution in [0.4, 0.5) is 5.69 Å². The number of nitriles is 1. The van der Waals surface area contributed by atoms with Crippen molar-refractivity contribution in [2.45, 2.75) is 24.7 Å². The van der Waals surface area contributed by atoms with Crippen molar-refractivity contribution in [3.8, 4) is 17.6 Å². The molecule has 2 aromatic rings. The molecular weight excluding hydrogens is 462 g/mol. The number of hydrogen-bond acceptors (Lipinski definition) is 10. The van der Waals surface area contributed by atoms with E-state index in [-0.39, 0.29) is 11.7 Å². The lowest BCUT2D eigenvalue weighted by Crippen LogP contribution is -2.45. The van der Waals surface area contributed by atoms with Crippen molar-refractivity contribution in [1.29, 1.82) is 5.26 Å². The van der Waals surface area contributed by atoms with Gasteiger partial charge in [-0.1, -0.05) is 11.6 Å². The highest BCUT2D eigenvalue weighted by atomic mass is 35.5. The van der Waals surface area contributed by atoms with Gasteiger partial charge in [0.2, 0.25) is 0 Å². The zero-order valence-corrected chi connectivity index (χ0v) is 19.9. The van der Waals surface area contributed by atoms with E-state index in [0.29, 0.717) is 47.9 Å². The molecule has 4 heterocycles. The molecule has 0 bridgehead atoms. The average Bonchev–Trinajstić information content (AvgIpc) is 2.83. The molecule has 1 aromatic heterocycles. The number of alkyl halides is 1. The van der Waals surface area contributed by atoms with Gasteiger partial charge < -0.3 is 19.1 Å². The van der Waals surface area contributed by atoms with Gasteiger partial charge in [0.1, 0.15) is 36.0 Å². The van der Waals surface area contributed by atoms with Crippen molar-refractivity contribution < 1.29 is 23.9 Å². The minimum absolute atomic E-state index is 0.0184. The molecule has 0 amide bonds. The van der Waals surface area contributed by atoms with E-state index in [1.165, 1.54) is 6.20 Å². The summed E-state index contributed by atoms with van der Waals surface area (Å²) < 4.78 is 18.0. The van der Waals surface area contributed by atoms with Crippen LogP contribution in [0.2, 0.25) is 0 Å². The van der Waals surface area contributed by atoms with Gasteiger partial charge in [0.05, 0.1) is 29.7 Å². The molecule has 0 atom stereocenters. The molecule has 0 aliphatic carbocycles. The topological polar surface area (TPSA) is 92.5 Å². The number of fused-ring (bicyclic) bond motifs is 1. The van der Waals surface area contributed by atoms with Crippen molar-refractivity contribution in [2.75, 3.05) is 64.8 Å². The lowest BCUT2D eigenvalue weighted by molar-refractivity contribution is -0.305. The summed E-state index contributed by atoms with van der Waals surface area (Å²) in [5.41, 5.74) is 1.31. The second kappa shape index (κ2) is 10.5. The molecule has 10 nitrogen and oxygen atoms in total. The van der Waals surface area contributed by atoms with Crippen LogP contribution < -0.4 is 14.7 Å². The Labute approximate surface area is 203 Å². The third kappa shape index (κ3) is 5.15. The van der Waals surface area contributed by atoms with E-state index in [1.54, 1.807) is 0 Å². The number of ether oxygens (including phenoxy) is 3. The third-order valence-corrected chi connectivity index (χ3v) is 6.43. The zero-order valence-electron chi connectivity index (χ0n) is 19.1. The number of nitrogens with zero attached hydrogens (tertiary/aromatic N) is 5. The molecule has 34 heavy (non-hydrogen) atoms. The van der Waals surface area contributed by atoms with Crippen LogP contribution in [-0.4, -0.2) is 86.2 Å². The molecular formula is C23H28ClN5O5. The Morgan fingerprint density at radius 2 is 1.94 bits per heavy atom. The van der Waals surface area contributed by atoms with Crippen molar-refractivity contribution in [1.82, 2.24) is 14.8 Å². The monoisotopic (exact) mass is 489 g/mol. The Morgan fingerprint density at radius 3 is 2.65 bits per heavy atom. The second-order valence-corrected chi connectivity index (χ2v) is 8.97. The van der Waals surface area contributed by atoms with E-state index in [9.17, 15) is 5.26 Å². The summed E-state index contributed by atoms with van der Waals surface area (Å²) >= 11 is 5.83. The first-order valence-corrected chi connectivity index (χ1v) is 12.0. The molecule has 0 N–H and O–H groups in total. The van der Waals surface area contributed by atoms with Gasteiger partial charge in [-0.3, -0.25) is 9.88 Å². The minimum atomic E-state index is -0.910. The lowest BCUT2D eigenvalue weighted by Gasteiger charge is -2.35. The molecule has 3 aliphatic heterocycles. The minimum Gasteiger partial charge on any atom is -0.492 e. The normalized spacial score (nSPS) is 20.8. The maximum atomic E-state index is 9.69. The van der Waals surface area contributed by atoms with Crippen LogP contribution in [0.1, 0.15) is 18.4 Å². The summed E-state index contributed by atoms with van der Waals surface area (Å²) in [6, 6.07) is 5.85. The fourth-order valence-electron chi connectivity index (χ4n) is 4.29. The van der Waals surface area contributed by atoms with E-state index in [2.05, 4.69) is 27.9 Å². The summed E-state index contributed by atoms with van der Waals surface area (Å²) in [6.45, 7) is 6.90. The van der Waals surface area contributed by atoms with Gasteiger partial charge >= 0.3 is 0 Å². The van der Waals surface area contributed by atoms with Gasteiger partial charge in [0.25, 0.3) is 5.75 Å². The molecule has 0 unspecified atom stereocenters. The Kier molecular flexibility index (Phi) is 7.20. The van der Waals surface area contributed by atoms with Gasteiger partial charge in [0.15, 0.2) is 0 Å². The number of rotatable bonds is 7. The summed E-state index contributed by atoms with van der Waals surface area (Å²) in [5.74, 6) is 0.308. The molecule has 5 rings (SSSR count). The molecule has 182 valence electrons. The quantitative estimate of drug-likeness (QED) is 0.540. The molecule has 3 aliphatic rings. The van der Waals surface area contributed by atoms with Gasteiger partial charge in [-0.25, -0.2) is 0 Å². The average molecular weight is 490 g/mol. The molecule has 1 aromatic carbocycles. The highest BCUT2D eigenvalue weighted by Crippen LogP contribution is 2.42. The molecule has 3 saturated heterocycles. The number of piperazine rings is 1. The van der Waals surface area contributed by atoms with Crippen LogP contribution in [0.5, 0.6) is 11.5 Å². The van der Waals surface area contributed by atoms with E-state index < -0.39 is 5.75 Å². The molecule has 0 spiro atoms. The van der Waals surface area contributed by atoms with E-state index in [1.807, 2.05) is 12.1 Å². The Morgan fingerprint density at radius 1 is 1.18 bits per heavy atom. The number of likely N-dealkylation sites (N-methyl/N-ethyl adjacent to an activating group) is 1. The number of hydrogen-bond donors (Lipinski definition) is 0. The van der Waals surface area contributed by atoms with Crippen LogP contribution >= 0.6 is 11.6 Å². The Balaban J connectivity index is 1.42. The number of aromatic nitrogens is 1. The maximum absolute atomic E-state index is 9.69. The van der Waals surface area contributed by atoms with Gasteiger partial charge in [-0.05, 0) is 7.05 Å². The van der Waals surface area contributed by atoms with Crippen LogP contribution in [-0.2, 0) is 14.4 Å². The van der Waals surface area contributed by atoms with E-state index in [0.717, 1.165) is 50.8 Å². The van der Waals surface area contributed by atoms with Crippen molar-refractivity contribution in [3.05, 3.63) is 23.9 Å². The smallest absolute Gasteiger partial charge is 0.288 e. The Bertz CT molecular complexity index is 1050. The molecule has 3 fully saturated rings. The van der Waals surface area contributed by atoms with Crippen molar-refractivity contribution in [2.24, 2.45) is 0 Å². The van der Waals surface area contributed by atoms with Gasteiger partial charge in [-0.2, -0.15) is 14.9 Å². The number of anilines is 1. The van der Waals surface area contributed by atoms with Crippen molar-refractivity contribution >= 4 is 28.2 Å². The standard InChI is InChI=1S/C23H28ClN5O5/c1-27-4-6-28(7-5-27)8-11-31-18-12-19-21(20(13-18)32-17-2-9-30-10-3-17)22(16(14-25)15-26-19)29-33-23(24)34-29/h12-13,15,17,23H,2-11H2,1H3. The third-order valence-electron chi connectivity index (χ3n) is 6.27. The van der Waals surface area contributed by atoms with Crippen LogP contribution in [0.3, 0.4) is 0 Å².